The third-order valence-corrected chi connectivity index (χ3v) is 12.2. The summed E-state index contributed by atoms with van der Waals surface area (Å²) in [6.45, 7) is 6.73. The van der Waals surface area contributed by atoms with Crippen LogP contribution in [-0.2, 0) is 23.1 Å². The molecular weight excluding hydrogens is 636 g/mol. The summed E-state index contributed by atoms with van der Waals surface area (Å²) < 4.78 is 13.9. The predicted molar refractivity (Wildman–Crippen MR) is 178 cm³/mol. The highest BCUT2D eigenvalue weighted by Crippen LogP contribution is 2.66. The van der Waals surface area contributed by atoms with Crippen LogP contribution in [0.3, 0.4) is 0 Å². The molecule has 3 heterocycles. The van der Waals surface area contributed by atoms with Crippen LogP contribution in [0.5, 0.6) is 11.5 Å². The molecule has 2 bridgehead atoms. The molecule has 5 atom stereocenters. The fraction of sp³-hybridized carbons (Fsp3) is 0.472. The number of hydrogen-bond donors (Lipinski definition) is 1. The summed E-state index contributed by atoms with van der Waals surface area (Å²) in [5.74, 6) is 1.76. The molecule has 1 amide bonds. The lowest BCUT2D eigenvalue weighted by Crippen LogP contribution is -2.78. The number of benzene rings is 2. The lowest BCUT2D eigenvalue weighted by atomic mass is 9.48. The van der Waals surface area contributed by atoms with E-state index in [0.717, 1.165) is 53.0 Å². The molecule has 0 unspecified atom stereocenters. The van der Waals surface area contributed by atoms with Gasteiger partial charge in [-0.1, -0.05) is 50.2 Å². The number of methoxy groups -OCH3 is 1. The number of ether oxygens (including phenoxy) is 2. The quantitative estimate of drug-likeness (QED) is 0.263. The Kier molecular flexibility index (Phi) is 7.93. The molecule has 4 aliphatic rings. The maximum Gasteiger partial charge on any atom is 0.246 e. The Hall–Kier alpha value is -2.65. The Morgan fingerprint density at radius 3 is 2.80 bits per heavy atom. The topological polar surface area (TPSA) is 62.2 Å². The molecule has 6 nitrogen and oxygen atoms in total. The molecule has 2 aromatic carbocycles. The smallest absolute Gasteiger partial charge is 0.246 e. The minimum absolute atomic E-state index is 0.00513. The lowest BCUT2D eigenvalue weighted by molar-refractivity contribution is -0.201. The summed E-state index contributed by atoms with van der Waals surface area (Å²) in [4.78, 5) is 19.6. The number of aliphatic hydroxyl groups is 1. The second-order valence-electron chi connectivity index (χ2n) is 13.3. The van der Waals surface area contributed by atoms with Crippen LogP contribution in [0.25, 0.3) is 6.08 Å². The fourth-order valence-corrected chi connectivity index (χ4v) is 10.0. The first-order chi connectivity index (χ1) is 21.2. The molecule has 2 aliphatic carbocycles. The molecule has 1 saturated heterocycles. The van der Waals surface area contributed by atoms with E-state index in [-0.39, 0.29) is 30.0 Å². The van der Waals surface area contributed by atoms with Gasteiger partial charge in [-0.15, -0.1) is 11.3 Å². The van der Waals surface area contributed by atoms with Gasteiger partial charge in [-0.05, 0) is 89.8 Å². The normalized spacial score (nSPS) is 28.6. The number of carbonyl (C=O) groups excluding carboxylic acids is 1. The minimum atomic E-state index is -0.959. The van der Waals surface area contributed by atoms with E-state index in [1.807, 2.05) is 28.5 Å². The van der Waals surface area contributed by atoms with Gasteiger partial charge < -0.3 is 19.5 Å². The fourth-order valence-electron chi connectivity index (χ4n) is 8.71. The molecule has 2 fully saturated rings. The monoisotopic (exact) mass is 676 g/mol. The van der Waals surface area contributed by atoms with E-state index in [1.54, 1.807) is 24.5 Å². The average molecular weight is 678 g/mol. The van der Waals surface area contributed by atoms with Gasteiger partial charge in [-0.25, -0.2) is 0 Å². The Labute approximate surface area is 272 Å². The van der Waals surface area contributed by atoms with Gasteiger partial charge in [-0.2, -0.15) is 0 Å². The molecular formula is C36H41BrN2O4S. The van der Waals surface area contributed by atoms with Gasteiger partial charge >= 0.3 is 0 Å². The van der Waals surface area contributed by atoms with Gasteiger partial charge in [0.1, 0.15) is 6.10 Å². The first-order valence-electron chi connectivity index (χ1n) is 15.8. The Bertz CT molecular complexity index is 1570. The maximum absolute atomic E-state index is 14.0. The zero-order valence-electron chi connectivity index (χ0n) is 25.7. The largest absolute Gasteiger partial charge is 0.493 e. The zero-order valence-corrected chi connectivity index (χ0v) is 28.1. The Morgan fingerprint density at radius 1 is 1.25 bits per heavy atom. The molecule has 44 heavy (non-hydrogen) atoms. The van der Waals surface area contributed by atoms with Crippen molar-refractivity contribution < 1.29 is 19.4 Å². The number of nitrogens with zero attached hydrogens (tertiary/aromatic N) is 2. The van der Waals surface area contributed by atoms with Crippen molar-refractivity contribution in [3.8, 4) is 11.5 Å². The summed E-state index contributed by atoms with van der Waals surface area (Å²) in [7, 11) is 1.69. The molecule has 8 heteroatoms. The number of halogens is 1. The van der Waals surface area contributed by atoms with Gasteiger partial charge in [0.05, 0.1) is 24.2 Å². The number of piperidine rings is 1. The van der Waals surface area contributed by atoms with Gasteiger partial charge in [0.15, 0.2) is 11.5 Å². The zero-order chi connectivity index (χ0) is 30.6. The summed E-state index contributed by atoms with van der Waals surface area (Å²) in [6, 6.07) is 16.7. The standard InChI is InChI=1S/C36H41BrN2O4S/c1-23(2)21-39(31(40)12-10-27-20-26(37)22-44-27)28-13-15-36(41)30-19-25-9-11-29(42-3)33-32(25)35(36,34(28)43-33)16-18-38(30)17-14-24-7-5-4-6-8-24/h4-12,20,22-23,28,30,34,41H,13-19,21H2,1-3H3/b12-10+/t28-,30+,34-,35-,36+/m0/s1. The van der Waals surface area contributed by atoms with Crippen molar-refractivity contribution in [2.24, 2.45) is 5.92 Å². The van der Waals surface area contributed by atoms with E-state index in [1.165, 1.54) is 11.1 Å². The van der Waals surface area contributed by atoms with Gasteiger partial charge in [0.2, 0.25) is 5.91 Å². The molecule has 1 aromatic heterocycles. The number of hydrogen-bond acceptors (Lipinski definition) is 6. The highest BCUT2D eigenvalue weighted by atomic mass is 79.9. The molecule has 2 aliphatic heterocycles. The molecule has 3 aromatic rings. The van der Waals surface area contributed by atoms with Crippen molar-refractivity contribution in [2.75, 3.05) is 26.7 Å². The van der Waals surface area contributed by atoms with Crippen LogP contribution in [0.2, 0.25) is 0 Å². The van der Waals surface area contributed by atoms with Crippen molar-refractivity contribution >= 4 is 39.2 Å². The highest BCUT2D eigenvalue weighted by Gasteiger charge is 2.73. The van der Waals surface area contributed by atoms with Crippen LogP contribution in [0.1, 0.15) is 54.7 Å². The van der Waals surface area contributed by atoms with Crippen LogP contribution in [0.4, 0.5) is 0 Å². The summed E-state index contributed by atoms with van der Waals surface area (Å²) in [6.07, 6.45) is 7.11. The molecule has 232 valence electrons. The minimum Gasteiger partial charge on any atom is -0.493 e. The number of amides is 1. The third-order valence-electron chi connectivity index (χ3n) is 10.5. The average Bonchev–Trinajstić information content (AvgIpc) is 3.59. The molecule has 1 saturated carbocycles. The van der Waals surface area contributed by atoms with E-state index < -0.39 is 11.0 Å². The Morgan fingerprint density at radius 2 is 2.07 bits per heavy atom. The van der Waals surface area contributed by atoms with Crippen molar-refractivity contribution in [3.63, 3.8) is 0 Å². The van der Waals surface area contributed by atoms with E-state index in [0.29, 0.717) is 25.1 Å². The SMILES string of the molecule is COc1ccc2c3c1O[C@H]1[C@@H](N(CC(C)C)C(=O)/C=C/c4cc(Br)cs4)CC[C@@]4(O)[C@@H](C2)N(CCc2ccccc2)CC[C@]314. The molecule has 1 spiro atoms. The lowest BCUT2D eigenvalue weighted by Gasteiger charge is -2.65. The number of likely N-dealkylation sites (tertiary alicyclic amines) is 1. The third kappa shape index (κ3) is 4.75. The Balaban J connectivity index is 1.26. The van der Waals surface area contributed by atoms with Gasteiger partial charge in [0, 0.05) is 45.5 Å². The van der Waals surface area contributed by atoms with Crippen LogP contribution in [0, 0.1) is 5.92 Å². The number of rotatable bonds is 9. The first-order valence-corrected chi connectivity index (χ1v) is 17.5. The van der Waals surface area contributed by atoms with Crippen LogP contribution < -0.4 is 9.47 Å². The molecule has 1 N–H and O–H groups in total. The van der Waals surface area contributed by atoms with E-state index in [9.17, 15) is 9.90 Å². The second-order valence-corrected chi connectivity index (χ2v) is 15.2. The van der Waals surface area contributed by atoms with Crippen molar-refractivity contribution in [3.05, 3.63) is 86.0 Å². The highest BCUT2D eigenvalue weighted by molar-refractivity contribution is 9.10. The van der Waals surface area contributed by atoms with E-state index in [4.69, 9.17) is 9.47 Å². The second kappa shape index (κ2) is 11.6. The summed E-state index contributed by atoms with van der Waals surface area (Å²) >= 11 is 5.12. The number of thiophene rings is 1. The van der Waals surface area contributed by atoms with E-state index >= 15 is 0 Å². The van der Waals surface area contributed by atoms with Crippen LogP contribution in [-0.4, -0.2) is 71.3 Å². The van der Waals surface area contributed by atoms with Crippen molar-refractivity contribution in [2.45, 2.75) is 75.2 Å². The van der Waals surface area contributed by atoms with Gasteiger partial charge in [0.25, 0.3) is 0 Å². The molecule has 7 rings (SSSR count). The predicted octanol–water partition coefficient (Wildman–Crippen LogP) is 6.48. The first kappa shape index (κ1) is 30.0. The van der Waals surface area contributed by atoms with Crippen molar-refractivity contribution in [1.29, 1.82) is 0 Å². The van der Waals surface area contributed by atoms with E-state index in [2.05, 4.69) is 71.1 Å². The maximum atomic E-state index is 14.0. The van der Waals surface area contributed by atoms with Crippen molar-refractivity contribution in [1.82, 2.24) is 9.80 Å². The summed E-state index contributed by atoms with van der Waals surface area (Å²) in [5.41, 5.74) is 2.13. The molecule has 0 radical (unpaired) electrons. The van der Waals surface area contributed by atoms with Gasteiger partial charge in [-0.3, -0.25) is 9.69 Å². The number of carbonyl (C=O) groups is 1. The van der Waals surface area contributed by atoms with Crippen LogP contribution in [0.15, 0.2) is 64.5 Å². The summed E-state index contributed by atoms with van der Waals surface area (Å²) in [5, 5.41) is 15.1. The van der Waals surface area contributed by atoms with Crippen LogP contribution >= 0.6 is 27.3 Å².